The summed E-state index contributed by atoms with van der Waals surface area (Å²) < 4.78 is 0. The average molecular weight is 211 g/mol. The molecule has 0 amide bonds. The second-order valence-corrected chi connectivity index (χ2v) is 3.99. The van der Waals surface area contributed by atoms with Gasteiger partial charge >= 0.3 is 0 Å². The number of hydrogen-bond acceptors (Lipinski definition) is 2. The van der Waals surface area contributed by atoms with Gasteiger partial charge in [0.05, 0.1) is 28.8 Å². The maximum atomic E-state index is 9.73. The Balaban J connectivity index is 2.43. The van der Waals surface area contributed by atoms with Gasteiger partial charge in [0.1, 0.15) is 0 Å². The fourth-order valence-corrected chi connectivity index (χ4v) is 1.55. The fraction of sp³-hybridized carbons (Fsp3) is 0.300. The first kappa shape index (κ1) is 9.49. The predicted octanol–water partition coefficient (Wildman–Crippen LogP) is 2.22. The van der Waals surface area contributed by atoms with Crippen LogP contribution >= 0.6 is 11.6 Å². The Kier molecular flexibility index (Phi) is 2.44. The Morgan fingerprint density at radius 1 is 1.50 bits per heavy atom. The van der Waals surface area contributed by atoms with Crippen LogP contribution in [0.2, 0.25) is 0 Å². The molecule has 0 fully saturated rings. The van der Waals surface area contributed by atoms with Crippen molar-refractivity contribution < 1.29 is 5.11 Å². The van der Waals surface area contributed by atoms with Crippen LogP contribution in [0.3, 0.4) is 0 Å². The first-order valence-corrected chi connectivity index (χ1v) is 4.87. The van der Waals surface area contributed by atoms with Crippen LogP contribution in [-0.2, 0) is 0 Å². The van der Waals surface area contributed by atoms with Crippen molar-refractivity contribution in [3.8, 4) is 0 Å². The van der Waals surface area contributed by atoms with Crippen LogP contribution in [0.15, 0.2) is 24.5 Å². The van der Waals surface area contributed by atoms with Gasteiger partial charge in [-0.1, -0.05) is 6.07 Å². The molecule has 3 nitrogen and oxygen atoms in total. The number of aromatic nitrogens is 2. The van der Waals surface area contributed by atoms with Crippen LogP contribution in [0.5, 0.6) is 0 Å². The number of fused-ring (bicyclic) bond motifs is 1. The lowest BCUT2D eigenvalue weighted by molar-refractivity contribution is 0.177. The minimum atomic E-state index is -0.635. The van der Waals surface area contributed by atoms with Crippen LogP contribution in [0.25, 0.3) is 11.0 Å². The SMILES string of the molecule is CC(Cl)C(O)c1ccc2nc[nH]c2c1. The van der Waals surface area contributed by atoms with E-state index in [2.05, 4.69) is 9.97 Å². The molecule has 0 aliphatic rings. The summed E-state index contributed by atoms with van der Waals surface area (Å²) in [5.41, 5.74) is 2.62. The van der Waals surface area contributed by atoms with Crippen LogP contribution in [0.4, 0.5) is 0 Å². The third-order valence-electron chi connectivity index (χ3n) is 2.22. The quantitative estimate of drug-likeness (QED) is 0.747. The van der Waals surface area contributed by atoms with E-state index in [1.54, 1.807) is 13.3 Å². The van der Waals surface area contributed by atoms with E-state index in [-0.39, 0.29) is 5.38 Å². The van der Waals surface area contributed by atoms with Crippen molar-refractivity contribution in [1.29, 1.82) is 0 Å². The minimum absolute atomic E-state index is 0.296. The number of aromatic amines is 1. The molecule has 2 rings (SSSR count). The maximum absolute atomic E-state index is 9.73. The van der Waals surface area contributed by atoms with Gasteiger partial charge in [-0.3, -0.25) is 0 Å². The highest BCUT2D eigenvalue weighted by atomic mass is 35.5. The van der Waals surface area contributed by atoms with Crippen LogP contribution in [0, 0.1) is 0 Å². The highest BCUT2D eigenvalue weighted by Crippen LogP contribution is 2.23. The third-order valence-corrected chi connectivity index (χ3v) is 2.46. The van der Waals surface area contributed by atoms with Gasteiger partial charge < -0.3 is 10.1 Å². The summed E-state index contributed by atoms with van der Waals surface area (Å²) in [4.78, 5) is 7.08. The highest BCUT2D eigenvalue weighted by molar-refractivity contribution is 6.20. The zero-order chi connectivity index (χ0) is 10.1. The molecule has 0 saturated carbocycles. The van der Waals surface area contributed by atoms with Crippen molar-refractivity contribution in [3.63, 3.8) is 0 Å². The van der Waals surface area contributed by atoms with E-state index in [0.29, 0.717) is 0 Å². The molecule has 14 heavy (non-hydrogen) atoms. The van der Waals surface area contributed by atoms with Crippen LogP contribution in [-0.4, -0.2) is 20.5 Å². The normalized spacial score (nSPS) is 15.6. The summed E-state index contributed by atoms with van der Waals surface area (Å²) in [5, 5.41) is 9.43. The number of nitrogens with zero attached hydrogens (tertiary/aromatic N) is 1. The summed E-state index contributed by atoms with van der Waals surface area (Å²) in [6.45, 7) is 1.77. The van der Waals surface area contributed by atoms with Gasteiger partial charge in [0.15, 0.2) is 0 Å². The van der Waals surface area contributed by atoms with E-state index in [1.165, 1.54) is 0 Å². The lowest BCUT2D eigenvalue weighted by Gasteiger charge is -2.12. The average Bonchev–Trinajstić information content (AvgIpc) is 2.62. The van der Waals surface area contributed by atoms with E-state index in [9.17, 15) is 5.11 Å². The van der Waals surface area contributed by atoms with Gasteiger partial charge in [-0.25, -0.2) is 4.98 Å². The third kappa shape index (κ3) is 1.61. The zero-order valence-electron chi connectivity index (χ0n) is 7.74. The molecule has 4 heteroatoms. The Morgan fingerprint density at radius 3 is 3.00 bits per heavy atom. The molecule has 0 radical (unpaired) electrons. The van der Waals surface area contributed by atoms with E-state index in [1.807, 2.05) is 18.2 Å². The molecule has 1 heterocycles. The second kappa shape index (κ2) is 3.59. The molecule has 1 aromatic heterocycles. The first-order chi connectivity index (χ1) is 6.68. The number of nitrogens with one attached hydrogen (secondary N) is 1. The van der Waals surface area contributed by atoms with Gasteiger partial charge in [0.2, 0.25) is 0 Å². The topological polar surface area (TPSA) is 48.9 Å². The van der Waals surface area contributed by atoms with E-state index in [4.69, 9.17) is 11.6 Å². The number of aliphatic hydroxyl groups is 1. The molecule has 1 aromatic carbocycles. The molecular formula is C10H11ClN2O. The molecule has 0 bridgehead atoms. The number of alkyl halides is 1. The van der Waals surface area contributed by atoms with Gasteiger partial charge in [0, 0.05) is 0 Å². The van der Waals surface area contributed by atoms with Gasteiger partial charge in [-0.15, -0.1) is 11.6 Å². The smallest absolute Gasteiger partial charge is 0.0951 e. The summed E-state index contributed by atoms with van der Waals surface area (Å²) in [5.74, 6) is 0. The van der Waals surface area contributed by atoms with E-state index < -0.39 is 6.10 Å². The van der Waals surface area contributed by atoms with Crippen LogP contribution in [0.1, 0.15) is 18.6 Å². The maximum Gasteiger partial charge on any atom is 0.0951 e. The van der Waals surface area contributed by atoms with Crippen molar-refractivity contribution in [2.75, 3.05) is 0 Å². The lowest BCUT2D eigenvalue weighted by atomic mass is 10.1. The molecule has 2 N–H and O–H groups in total. The molecule has 0 aliphatic carbocycles. The summed E-state index contributed by atoms with van der Waals surface area (Å²) in [6.07, 6.45) is 0.995. The molecule has 2 unspecified atom stereocenters. The van der Waals surface area contributed by atoms with Crippen LogP contribution < -0.4 is 0 Å². The standard InChI is InChI=1S/C10H11ClN2O/c1-6(11)10(14)7-2-3-8-9(4-7)13-5-12-8/h2-6,10,14H,1H3,(H,12,13). The van der Waals surface area contributed by atoms with Gasteiger partial charge in [-0.05, 0) is 24.6 Å². The van der Waals surface area contributed by atoms with Crippen molar-refractivity contribution in [3.05, 3.63) is 30.1 Å². The molecule has 2 atom stereocenters. The molecule has 2 aromatic rings. The van der Waals surface area contributed by atoms with Crippen molar-refractivity contribution in [2.24, 2.45) is 0 Å². The molecule has 0 saturated heterocycles. The Labute approximate surface area is 86.7 Å². The molecular weight excluding hydrogens is 200 g/mol. The largest absolute Gasteiger partial charge is 0.387 e. The minimum Gasteiger partial charge on any atom is -0.387 e. The predicted molar refractivity (Wildman–Crippen MR) is 56.4 cm³/mol. The van der Waals surface area contributed by atoms with E-state index >= 15 is 0 Å². The molecule has 74 valence electrons. The monoisotopic (exact) mass is 210 g/mol. The van der Waals surface area contributed by atoms with Gasteiger partial charge in [-0.2, -0.15) is 0 Å². The number of H-pyrrole nitrogens is 1. The number of rotatable bonds is 2. The Bertz CT molecular complexity index is 438. The summed E-state index contributed by atoms with van der Waals surface area (Å²) in [7, 11) is 0. The molecule has 0 aliphatic heterocycles. The Morgan fingerprint density at radius 2 is 2.29 bits per heavy atom. The van der Waals surface area contributed by atoms with E-state index in [0.717, 1.165) is 16.6 Å². The fourth-order valence-electron chi connectivity index (χ4n) is 1.40. The summed E-state index contributed by atoms with van der Waals surface area (Å²) in [6, 6.07) is 5.57. The molecule has 0 spiro atoms. The van der Waals surface area contributed by atoms with Crippen molar-refractivity contribution >= 4 is 22.6 Å². The lowest BCUT2D eigenvalue weighted by Crippen LogP contribution is -2.07. The van der Waals surface area contributed by atoms with Crippen molar-refractivity contribution in [2.45, 2.75) is 18.4 Å². The number of hydrogen-bond donors (Lipinski definition) is 2. The number of imidazole rings is 1. The highest BCUT2D eigenvalue weighted by Gasteiger charge is 2.14. The number of halogens is 1. The Hall–Kier alpha value is -1.06. The van der Waals surface area contributed by atoms with Crippen molar-refractivity contribution in [1.82, 2.24) is 9.97 Å². The zero-order valence-corrected chi connectivity index (χ0v) is 8.49. The number of aliphatic hydroxyl groups excluding tert-OH is 1. The summed E-state index contributed by atoms with van der Waals surface area (Å²) >= 11 is 5.81. The number of benzene rings is 1. The van der Waals surface area contributed by atoms with Gasteiger partial charge in [0.25, 0.3) is 0 Å². The first-order valence-electron chi connectivity index (χ1n) is 4.43. The second-order valence-electron chi connectivity index (χ2n) is 3.30.